The molecule has 0 fully saturated rings. The van der Waals surface area contributed by atoms with Crippen LogP contribution in [0.3, 0.4) is 0 Å². The van der Waals surface area contributed by atoms with E-state index in [0.29, 0.717) is 24.5 Å². The van der Waals surface area contributed by atoms with Crippen molar-refractivity contribution >= 4 is 23.3 Å². The lowest BCUT2D eigenvalue weighted by Crippen LogP contribution is -2.37. The van der Waals surface area contributed by atoms with Gasteiger partial charge in [0.25, 0.3) is 5.56 Å². The van der Waals surface area contributed by atoms with E-state index >= 15 is 0 Å². The summed E-state index contributed by atoms with van der Waals surface area (Å²) in [6.45, 7) is 4.80. The van der Waals surface area contributed by atoms with Crippen molar-refractivity contribution in [3.8, 4) is 0 Å². The summed E-state index contributed by atoms with van der Waals surface area (Å²) in [6.07, 6.45) is 0. The smallest absolute Gasteiger partial charge is 0.323 e. The highest BCUT2D eigenvalue weighted by atomic mass is 16.2. The molecular formula is C20H27N5O3. The number of hydrogen-bond acceptors (Lipinski definition) is 4. The third-order valence-corrected chi connectivity index (χ3v) is 4.13. The first kappa shape index (κ1) is 21.2. The van der Waals surface area contributed by atoms with Gasteiger partial charge in [-0.1, -0.05) is 17.7 Å². The highest BCUT2D eigenvalue weighted by molar-refractivity contribution is 5.99. The van der Waals surface area contributed by atoms with Crippen LogP contribution in [0.4, 0.5) is 16.2 Å². The van der Waals surface area contributed by atoms with Gasteiger partial charge in [-0.25, -0.2) is 4.79 Å². The molecule has 0 aliphatic heterocycles. The molecule has 3 N–H and O–H groups in total. The fourth-order valence-electron chi connectivity index (χ4n) is 2.50. The summed E-state index contributed by atoms with van der Waals surface area (Å²) < 4.78 is 1.34. The summed E-state index contributed by atoms with van der Waals surface area (Å²) in [7, 11) is 3.83. The molecule has 1 aromatic carbocycles. The lowest BCUT2D eigenvalue weighted by Gasteiger charge is -2.14. The first-order valence-electron chi connectivity index (χ1n) is 9.03. The van der Waals surface area contributed by atoms with Crippen LogP contribution in [0.2, 0.25) is 0 Å². The number of benzene rings is 1. The van der Waals surface area contributed by atoms with Crippen molar-refractivity contribution in [1.29, 1.82) is 0 Å². The van der Waals surface area contributed by atoms with Crippen LogP contribution in [0.5, 0.6) is 0 Å². The van der Waals surface area contributed by atoms with Gasteiger partial charge in [-0.05, 0) is 52.2 Å². The summed E-state index contributed by atoms with van der Waals surface area (Å²) >= 11 is 0. The molecule has 8 nitrogen and oxygen atoms in total. The molecule has 2 aromatic rings. The van der Waals surface area contributed by atoms with E-state index in [4.69, 9.17) is 0 Å². The summed E-state index contributed by atoms with van der Waals surface area (Å²) in [4.78, 5) is 38.9. The van der Waals surface area contributed by atoms with Crippen LogP contribution in [0.15, 0.2) is 41.2 Å². The summed E-state index contributed by atoms with van der Waals surface area (Å²) in [6, 6.07) is 10.0. The molecule has 0 atom stereocenters. The Labute approximate surface area is 164 Å². The predicted octanol–water partition coefficient (Wildman–Crippen LogP) is 1.79. The van der Waals surface area contributed by atoms with Crippen molar-refractivity contribution in [3.63, 3.8) is 0 Å². The second-order valence-electron chi connectivity index (χ2n) is 6.88. The van der Waals surface area contributed by atoms with Crippen molar-refractivity contribution in [2.45, 2.75) is 20.4 Å². The fraction of sp³-hybridized carbons (Fsp3) is 0.350. The molecule has 0 aliphatic rings. The Morgan fingerprint density at radius 2 is 1.68 bits per heavy atom. The van der Waals surface area contributed by atoms with Gasteiger partial charge < -0.3 is 25.4 Å². The Morgan fingerprint density at radius 1 is 1.00 bits per heavy atom. The van der Waals surface area contributed by atoms with Crippen molar-refractivity contribution in [2.24, 2.45) is 0 Å². The van der Waals surface area contributed by atoms with Gasteiger partial charge in [-0.3, -0.25) is 9.59 Å². The van der Waals surface area contributed by atoms with Gasteiger partial charge in [0.1, 0.15) is 12.2 Å². The second-order valence-corrected chi connectivity index (χ2v) is 6.88. The zero-order chi connectivity index (χ0) is 20.7. The van der Waals surface area contributed by atoms with E-state index in [2.05, 4.69) is 16.0 Å². The number of anilines is 2. The number of nitrogens with zero attached hydrogens (tertiary/aromatic N) is 2. The molecule has 0 saturated carbocycles. The van der Waals surface area contributed by atoms with E-state index in [1.54, 1.807) is 25.1 Å². The zero-order valence-electron chi connectivity index (χ0n) is 16.7. The molecule has 2 rings (SSSR count). The Kier molecular flexibility index (Phi) is 7.34. The lowest BCUT2D eigenvalue weighted by atomic mass is 10.2. The molecule has 0 radical (unpaired) electrons. The molecule has 0 saturated heterocycles. The molecule has 0 spiro atoms. The topological polar surface area (TPSA) is 95.5 Å². The van der Waals surface area contributed by atoms with Crippen LogP contribution in [0.1, 0.15) is 11.3 Å². The summed E-state index contributed by atoms with van der Waals surface area (Å²) in [5.41, 5.74) is 2.02. The molecule has 28 heavy (non-hydrogen) atoms. The maximum Gasteiger partial charge on any atom is 0.323 e. The van der Waals surface area contributed by atoms with E-state index < -0.39 is 11.6 Å². The molecule has 1 heterocycles. The van der Waals surface area contributed by atoms with Crippen LogP contribution in [0, 0.1) is 13.8 Å². The third-order valence-electron chi connectivity index (χ3n) is 4.13. The van der Waals surface area contributed by atoms with E-state index in [0.717, 1.165) is 5.56 Å². The highest BCUT2D eigenvalue weighted by Gasteiger charge is 2.12. The standard InChI is InChI=1S/C20H27N5O3/c1-14-5-8-16(9-6-14)22-20(28)23-17-10-7-15(2)25(19(17)27)13-18(26)21-11-12-24(3)4/h5-10H,11-13H2,1-4H3,(H,21,26)(H2,22,23,28). The Hall–Kier alpha value is -3.13. The van der Waals surface area contributed by atoms with Gasteiger partial charge in [0.2, 0.25) is 5.91 Å². The van der Waals surface area contributed by atoms with E-state index in [1.165, 1.54) is 10.6 Å². The lowest BCUT2D eigenvalue weighted by molar-refractivity contribution is -0.121. The number of carbonyl (C=O) groups is 2. The highest BCUT2D eigenvalue weighted by Crippen LogP contribution is 2.10. The first-order valence-corrected chi connectivity index (χ1v) is 9.03. The van der Waals surface area contributed by atoms with Gasteiger partial charge in [0, 0.05) is 24.5 Å². The number of pyridine rings is 1. The third kappa shape index (κ3) is 6.24. The fourth-order valence-corrected chi connectivity index (χ4v) is 2.50. The van der Waals surface area contributed by atoms with Gasteiger partial charge in [0.15, 0.2) is 0 Å². The van der Waals surface area contributed by atoms with E-state index in [9.17, 15) is 14.4 Å². The largest absolute Gasteiger partial charge is 0.353 e. The minimum absolute atomic E-state index is 0.104. The van der Waals surface area contributed by atoms with E-state index in [-0.39, 0.29) is 18.1 Å². The van der Waals surface area contributed by atoms with Crippen molar-refractivity contribution < 1.29 is 9.59 Å². The number of rotatable bonds is 7. The summed E-state index contributed by atoms with van der Waals surface area (Å²) in [5.74, 6) is -0.256. The van der Waals surface area contributed by atoms with E-state index in [1.807, 2.05) is 38.1 Å². The zero-order valence-corrected chi connectivity index (χ0v) is 16.7. The molecule has 0 bridgehead atoms. The monoisotopic (exact) mass is 385 g/mol. The maximum absolute atomic E-state index is 12.7. The Morgan fingerprint density at radius 3 is 2.32 bits per heavy atom. The number of hydrogen-bond donors (Lipinski definition) is 3. The molecule has 3 amide bonds. The van der Waals surface area contributed by atoms with Gasteiger partial charge in [-0.2, -0.15) is 0 Å². The maximum atomic E-state index is 12.7. The molecule has 1 aromatic heterocycles. The summed E-state index contributed by atoms with van der Waals surface area (Å²) in [5, 5.41) is 8.00. The predicted molar refractivity (Wildman–Crippen MR) is 111 cm³/mol. The molecule has 0 unspecified atom stereocenters. The van der Waals surface area contributed by atoms with Gasteiger partial charge >= 0.3 is 6.03 Å². The average molecular weight is 385 g/mol. The number of aromatic nitrogens is 1. The molecule has 150 valence electrons. The number of aryl methyl sites for hydroxylation is 2. The quantitative estimate of drug-likeness (QED) is 0.677. The number of likely N-dealkylation sites (N-methyl/N-ethyl adjacent to an activating group) is 1. The molecule has 0 aliphatic carbocycles. The van der Waals surface area contributed by atoms with Crippen molar-refractivity contribution in [2.75, 3.05) is 37.8 Å². The normalized spacial score (nSPS) is 10.6. The average Bonchev–Trinajstić information content (AvgIpc) is 2.63. The second kappa shape index (κ2) is 9.70. The molecule has 8 heteroatoms. The number of amides is 3. The Bertz CT molecular complexity index is 888. The van der Waals surface area contributed by atoms with Crippen LogP contribution in [-0.2, 0) is 11.3 Å². The van der Waals surface area contributed by atoms with Crippen LogP contribution < -0.4 is 21.5 Å². The first-order chi connectivity index (χ1) is 13.3. The minimum Gasteiger partial charge on any atom is -0.353 e. The number of urea groups is 1. The van der Waals surface area contributed by atoms with Crippen LogP contribution >= 0.6 is 0 Å². The Balaban J connectivity index is 2.04. The molecular weight excluding hydrogens is 358 g/mol. The van der Waals surface area contributed by atoms with Crippen molar-refractivity contribution in [1.82, 2.24) is 14.8 Å². The van der Waals surface area contributed by atoms with Crippen molar-refractivity contribution in [3.05, 3.63) is 58.0 Å². The number of nitrogens with one attached hydrogen (secondary N) is 3. The van der Waals surface area contributed by atoms with Crippen LogP contribution in [0.25, 0.3) is 0 Å². The van der Waals surface area contributed by atoms with Gasteiger partial charge in [-0.15, -0.1) is 0 Å². The van der Waals surface area contributed by atoms with Crippen LogP contribution in [-0.4, -0.2) is 48.6 Å². The number of carbonyl (C=O) groups excluding carboxylic acids is 2. The van der Waals surface area contributed by atoms with Gasteiger partial charge in [0.05, 0.1) is 0 Å². The SMILES string of the molecule is Cc1ccc(NC(=O)Nc2ccc(C)n(CC(=O)NCCN(C)C)c2=O)cc1. The minimum atomic E-state index is -0.521.